The molecule has 1 saturated heterocycles. The molecule has 0 bridgehead atoms. The van der Waals surface area contributed by atoms with Crippen LogP contribution in [0.15, 0.2) is 78.9 Å². The molecule has 3 aromatic rings. The van der Waals surface area contributed by atoms with Gasteiger partial charge in [-0.1, -0.05) is 60.7 Å². The molecule has 170 valence electrons. The second-order valence-corrected chi connectivity index (χ2v) is 8.22. The van der Waals surface area contributed by atoms with Crippen LogP contribution < -0.4 is 10.1 Å². The van der Waals surface area contributed by atoms with Gasteiger partial charge >= 0.3 is 0 Å². The molecule has 6 heteroatoms. The van der Waals surface area contributed by atoms with Crippen LogP contribution in [0.1, 0.15) is 24.0 Å². The molecule has 4 rings (SSSR count). The molecule has 0 saturated carbocycles. The normalized spacial score (nSPS) is 14.0. The molecule has 3 aromatic carbocycles. The Hall–Kier alpha value is -3.80. The zero-order valence-electron chi connectivity index (χ0n) is 18.4. The Labute approximate surface area is 193 Å². The number of hydrogen-bond donors (Lipinski definition) is 2. The Kier molecular flexibility index (Phi) is 7.25. The molecule has 0 radical (unpaired) electrons. The Morgan fingerprint density at radius 2 is 1.58 bits per heavy atom. The number of phenolic OH excluding ortho intramolecular Hbond substituents is 1. The first-order chi connectivity index (χ1) is 16.1. The Balaban J connectivity index is 1.27. The zero-order valence-corrected chi connectivity index (χ0v) is 18.4. The minimum Gasteiger partial charge on any atom is -0.506 e. The van der Waals surface area contributed by atoms with Crippen LogP contribution in [0.4, 0.5) is 5.69 Å². The summed E-state index contributed by atoms with van der Waals surface area (Å²) < 4.78 is 5.89. The summed E-state index contributed by atoms with van der Waals surface area (Å²) in [6.45, 7) is 0.986. The van der Waals surface area contributed by atoms with Gasteiger partial charge in [-0.3, -0.25) is 9.59 Å². The van der Waals surface area contributed by atoms with E-state index in [0.29, 0.717) is 37.4 Å². The number of nitrogens with zero attached hydrogens (tertiary/aromatic N) is 1. The number of ether oxygens (including phenoxy) is 1. The number of rotatable bonds is 7. The average Bonchev–Trinajstić information content (AvgIpc) is 2.85. The second kappa shape index (κ2) is 10.7. The van der Waals surface area contributed by atoms with Crippen LogP contribution >= 0.6 is 0 Å². The highest BCUT2D eigenvalue weighted by Gasteiger charge is 2.28. The summed E-state index contributed by atoms with van der Waals surface area (Å²) in [6.07, 6.45) is 1.90. The quantitative estimate of drug-likeness (QED) is 0.535. The summed E-state index contributed by atoms with van der Waals surface area (Å²) in [7, 11) is 0. The molecule has 0 atom stereocenters. The van der Waals surface area contributed by atoms with Gasteiger partial charge in [-0.25, -0.2) is 0 Å². The first kappa shape index (κ1) is 22.4. The highest BCUT2D eigenvalue weighted by atomic mass is 16.5. The van der Waals surface area contributed by atoms with Gasteiger partial charge in [-0.15, -0.1) is 0 Å². The highest BCUT2D eigenvalue weighted by molar-refractivity contribution is 5.94. The Bertz CT molecular complexity index is 1090. The van der Waals surface area contributed by atoms with Crippen molar-refractivity contribution in [2.24, 2.45) is 5.92 Å². The van der Waals surface area contributed by atoms with Crippen molar-refractivity contribution in [2.45, 2.75) is 19.3 Å². The number of phenols is 1. The summed E-state index contributed by atoms with van der Waals surface area (Å²) in [5.74, 6) is 0.356. The molecular formula is C27H28N2O4. The summed E-state index contributed by atoms with van der Waals surface area (Å²) in [4.78, 5) is 27.0. The first-order valence-corrected chi connectivity index (χ1v) is 11.2. The number of aromatic hydroxyl groups is 1. The van der Waals surface area contributed by atoms with Gasteiger partial charge in [0.05, 0.1) is 5.69 Å². The summed E-state index contributed by atoms with van der Waals surface area (Å²) in [5.41, 5.74) is 2.63. The van der Waals surface area contributed by atoms with E-state index in [9.17, 15) is 14.7 Å². The predicted molar refractivity (Wildman–Crippen MR) is 127 cm³/mol. The van der Waals surface area contributed by atoms with Crippen molar-refractivity contribution in [3.63, 3.8) is 0 Å². The molecule has 1 aliphatic heterocycles. The van der Waals surface area contributed by atoms with Gasteiger partial charge in [-0.2, -0.15) is 0 Å². The fraction of sp³-hybridized carbons (Fsp3) is 0.259. The second-order valence-electron chi connectivity index (χ2n) is 8.22. The maximum absolute atomic E-state index is 12.7. The lowest BCUT2D eigenvalue weighted by Gasteiger charge is -2.31. The lowest BCUT2D eigenvalue weighted by Crippen LogP contribution is -2.43. The van der Waals surface area contributed by atoms with E-state index in [1.54, 1.807) is 23.1 Å². The van der Waals surface area contributed by atoms with Crippen LogP contribution in [0.25, 0.3) is 0 Å². The van der Waals surface area contributed by atoms with Crippen LogP contribution in [-0.2, 0) is 16.0 Å². The molecule has 33 heavy (non-hydrogen) atoms. The van der Waals surface area contributed by atoms with Crippen LogP contribution in [0, 0.1) is 5.92 Å². The van der Waals surface area contributed by atoms with Crippen molar-refractivity contribution in [1.82, 2.24) is 4.90 Å². The van der Waals surface area contributed by atoms with E-state index in [-0.39, 0.29) is 30.1 Å². The number of benzene rings is 3. The van der Waals surface area contributed by atoms with E-state index in [1.807, 2.05) is 42.5 Å². The molecule has 0 spiro atoms. The molecule has 6 nitrogen and oxygen atoms in total. The minimum absolute atomic E-state index is 0.0272. The number of hydrogen-bond acceptors (Lipinski definition) is 4. The number of para-hydroxylation sites is 3. The summed E-state index contributed by atoms with van der Waals surface area (Å²) in [5, 5.41) is 12.6. The minimum atomic E-state index is -0.193. The number of carbonyl (C=O) groups excluding carboxylic acids is 2. The smallest absolute Gasteiger partial charge is 0.260 e. The maximum Gasteiger partial charge on any atom is 0.260 e. The van der Waals surface area contributed by atoms with Crippen LogP contribution in [0.5, 0.6) is 11.5 Å². The topological polar surface area (TPSA) is 78.9 Å². The van der Waals surface area contributed by atoms with E-state index in [2.05, 4.69) is 17.4 Å². The number of nitrogens with one attached hydrogen (secondary N) is 1. The number of anilines is 1. The van der Waals surface area contributed by atoms with Crippen LogP contribution in [0.2, 0.25) is 0 Å². The zero-order chi connectivity index (χ0) is 23.0. The lowest BCUT2D eigenvalue weighted by molar-refractivity contribution is -0.136. The Morgan fingerprint density at radius 1 is 0.909 bits per heavy atom. The molecule has 0 aliphatic carbocycles. The average molecular weight is 445 g/mol. The van der Waals surface area contributed by atoms with E-state index in [0.717, 1.165) is 12.0 Å². The molecule has 0 aromatic heterocycles. The van der Waals surface area contributed by atoms with Crippen molar-refractivity contribution in [3.05, 3.63) is 90.0 Å². The van der Waals surface area contributed by atoms with E-state index < -0.39 is 0 Å². The molecule has 2 amide bonds. The van der Waals surface area contributed by atoms with Gasteiger partial charge in [0.1, 0.15) is 11.5 Å². The fourth-order valence-corrected chi connectivity index (χ4v) is 4.04. The van der Waals surface area contributed by atoms with Crippen molar-refractivity contribution >= 4 is 17.5 Å². The molecule has 2 N–H and O–H groups in total. The molecule has 1 heterocycles. The van der Waals surface area contributed by atoms with Gasteiger partial charge in [0, 0.05) is 25.4 Å². The molecule has 1 fully saturated rings. The molecule has 1 aliphatic rings. The van der Waals surface area contributed by atoms with Crippen molar-refractivity contribution in [1.29, 1.82) is 0 Å². The van der Waals surface area contributed by atoms with Gasteiger partial charge in [-0.05, 0) is 42.2 Å². The SMILES string of the molecule is O=C(Nc1ccccc1O)C1CCN(C(=O)COc2ccccc2Cc2ccccc2)CC1. The fourth-order valence-electron chi connectivity index (χ4n) is 4.04. The Morgan fingerprint density at radius 3 is 2.33 bits per heavy atom. The summed E-state index contributed by atoms with van der Waals surface area (Å²) >= 11 is 0. The van der Waals surface area contributed by atoms with E-state index in [4.69, 9.17) is 4.74 Å². The van der Waals surface area contributed by atoms with Gasteiger partial charge in [0.25, 0.3) is 5.91 Å². The van der Waals surface area contributed by atoms with E-state index >= 15 is 0 Å². The van der Waals surface area contributed by atoms with Crippen LogP contribution in [0.3, 0.4) is 0 Å². The predicted octanol–water partition coefficient (Wildman–Crippen LogP) is 4.24. The third-order valence-corrected chi connectivity index (χ3v) is 5.94. The third-order valence-electron chi connectivity index (χ3n) is 5.94. The van der Waals surface area contributed by atoms with Gasteiger partial charge < -0.3 is 20.1 Å². The monoisotopic (exact) mass is 444 g/mol. The van der Waals surface area contributed by atoms with Crippen molar-refractivity contribution in [3.8, 4) is 11.5 Å². The summed E-state index contributed by atoms with van der Waals surface area (Å²) in [6, 6.07) is 24.6. The van der Waals surface area contributed by atoms with Gasteiger partial charge in [0.15, 0.2) is 6.61 Å². The standard InChI is InChI=1S/C27H28N2O4/c30-24-12-6-5-11-23(24)28-27(32)21-14-16-29(17-15-21)26(31)19-33-25-13-7-4-10-22(25)18-20-8-2-1-3-9-20/h1-13,21,30H,14-19H2,(H,28,32). The number of carbonyl (C=O) groups is 2. The highest BCUT2D eigenvalue weighted by Crippen LogP contribution is 2.25. The largest absolute Gasteiger partial charge is 0.506 e. The van der Waals surface area contributed by atoms with Gasteiger partial charge in [0.2, 0.25) is 5.91 Å². The lowest BCUT2D eigenvalue weighted by atomic mass is 9.95. The molecular weight excluding hydrogens is 416 g/mol. The molecule has 0 unspecified atom stereocenters. The van der Waals surface area contributed by atoms with Crippen molar-refractivity contribution < 1.29 is 19.4 Å². The van der Waals surface area contributed by atoms with Crippen molar-refractivity contribution in [2.75, 3.05) is 25.0 Å². The van der Waals surface area contributed by atoms with Crippen LogP contribution in [-0.4, -0.2) is 41.5 Å². The first-order valence-electron chi connectivity index (χ1n) is 11.2. The third kappa shape index (κ3) is 5.92. The number of likely N-dealkylation sites (tertiary alicyclic amines) is 1. The van der Waals surface area contributed by atoms with E-state index in [1.165, 1.54) is 11.6 Å². The number of piperidine rings is 1. The number of amides is 2. The maximum atomic E-state index is 12.7.